The van der Waals surface area contributed by atoms with Crippen LogP contribution in [0.1, 0.15) is 50.4 Å². The Bertz CT molecular complexity index is 749. The van der Waals surface area contributed by atoms with Gasteiger partial charge >= 0.3 is 12.0 Å². The number of carbonyl (C=O) groups excluding carboxylic acids is 4. The first-order chi connectivity index (χ1) is 12.7. The first kappa shape index (κ1) is 20.5. The molecule has 27 heavy (non-hydrogen) atoms. The number of unbranched alkanes of at least 4 members (excludes halogenated alkanes) is 1. The van der Waals surface area contributed by atoms with Crippen LogP contribution >= 0.6 is 0 Å². The number of esters is 1. The van der Waals surface area contributed by atoms with Crippen LogP contribution in [0.2, 0.25) is 0 Å². The molecule has 0 spiro atoms. The Morgan fingerprint density at radius 2 is 1.89 bits per heavy atom. The highest BCUT2D eigenvalue weighted by Crippen LogP contribution is 2.23. The van der Waals surface area contributed by atoms with E-state index in [1.165, 1.54) is 19.1 Å². The van der Waals surface area contributed by atoms with E-state index in [-0.39, 0.29) is 5.56 Å². The van der Waals surface area contributed by atoms with E-state index in [2.05, 4.69) is 5.32 Å². The minimum absolute atomic E-state index is 0.193. The van der Waals surface area contributed by atoms with Crippen molar-refractivity contribution in [2.24, 2.45) is 0 Å². The average Bonchev–Trinajstić information content (AvgIpc) is 2.83. The third-order valence-electron chi connectivity index (χ3n) is 4.47. The topological polar surface area (TPSA) is 92.8 Å². The van der Waals surface area contributed by atoms with Gasteiger partial charge in [0, 0.05) is 5.56 Å². The van der Waals surface area contributed by atoms with Gasteiger partial charge in [-0.2, -0.15) is 0 Å². The van der Waals surface area contributed by atoms with Crippen LogP contribution in [-0.2, 0) is 14.3 Å². The number of Topliss-reactive ketones (excluding diaryl/α,β-unsaturated/α-hetero) is 1. The van der Waals surface area contributed by atoms with Gasteiger partial charge in [-0.15, -0.1) is 0 Å². The summed E-state index contributed by atoms with van der Waals surface area (Å²) in [5.41, 5.74) is -0.845. The molecular weight excluding hydrogens is 355 g/mol. The van der Waals surface area contributed by atoms with Gasteiger partial charge in [0.2, 0.25) is 5.78 Å². The van der Waals surface area contributed by atoms with Gasteiger partial charge in [0.1, 0.15) is 17.9 Å². The minimum atomic E-state index is -1.13. The second-order valence-corrected chi connectivity index (χ2v) is 6.76. The molecule has 0 radical (unpaired) electrons. The number of hydrogen-bond donors (Lipinski definition) is 1. The van der Waals surface area contributed by atoms with Crippen LogP contribution < -0.4 is 5.32 Å². The molecule has 1 aliphatic heterocycles. The second-order valence-electron chi connectivity index (χ2n) is 6.76. The van der Waals surface area contributed by atoms with E-state index in [4.69, 9.17) is 4.74 Å². The van der Waals surface area contributed by atoms with Crippen molar-refractivity contribution in [3.63, 3.8) is 0 Å². The lowest BCUT2D eigenvalue weighted by atomic mass is 9.95. The predicted octanol–water partition coefficient (Wildman–Crippen LogP) is 2.44. The quantitative estimate of drug-likeness (QED) is 0.426. The van der Waals surface area contributed by atoms with Gasteiger partial charge in [-0.3, -0.25) is 19.3 Å². The minimum Gasteiger partial charge on any atom is -0.453 e. The Balaban J connectivity index is 1.96. The number of amides is 3. The number of carbonyl (C=O) groups is 4. The molecular formula is C19H23FN2O5. The van der Waals surface area contributed by atoms with Gasteiger partial charge in [0.25, 0.3) is 5.91 Å². The van der Waals surface area contributed by atoms with Gasteiger partial charge < -0.3 is 10.1 Å². The monoisotopic (exact) mass is 378 g/mol. The van der Waals surface area contributed by atoms with Gasteiger partial charge in [0.15, 0.2) is 6.10 Å². The zero-order valence-electron chi connectivity index (χ0n) is 15.6. The SMILES string of the molecule is CCCC[C@]1(C)NC(=O)N(CC(=O)O[C@H](C)C(=O)c2ccc(F)cc2)C1=O. The Labute approximate surface area is 156 Å². The summed E-state index contributed by atoms with van der Waals surface area (Å²) in [7, 11) is 0. The normalized spacial score (nSPS) is 20.4. The molecule has 0 bridgehead atoms. The van der Waals surface area contributed by atoms with Gasteiger partial charge in [-0.05, 0) is 44.5 Å². The summed E-state index contributed by atoms with van der Waals surface area (Å²) in [6.45, 7) is 4.39. The highest BCUT2D eigenvalue weighted by molar-refractivity contribution is 6.08. The first-order valence-corrected chi connectivity index (χ1v) is 8.81. The molecule has 0 saturated carbocycles. The van der Waals surface area contributed by atoms with Crippen molar-refractivity contribution in [2.45, 2.75) is 51.7 Å². The molecule has 0 unspecified atom stereocenters. The zero-order chi connectivity index (χ0) is 20.2. The van der Waals surface area contributed by atoms with Gasteiger partial charge in [-0.25, -0.2) is 9.18 Å². The molecule has 2 rings (SSSR count). The molecule has 146 valence electrons. The number of hydrogen-bond acceptors (Lipinski definition) is 5. The molecule has 0 aliphatic carbocycles. The summed E-state index contributed by atoms with van der Waals surface area (Å²) in [4.78, 5) is 49.7. The molecule has 7 nitrogen and oxygen atoms in total. The lowest BCUT2D eigenvalue weighted by molar-refractivity contribution is -0.149. The first-order valence-electron chi connectivity index (χ1n) is 8.81. The summed E-state index contributed by atoms with van der Waals surface area (Å²) < 4.78 is 18.0. The van der Waals surface area contributed by atoms with Crippen molar-refractivity contribution in [2.75, 3.05) is 6.54 Å². The van der Waals surface area contributed by atoms with Gasteiger partial charge in [0.05, 0.1) is 0 Å². The maximum absolute atomic E-state index is 12.9. The molecule has 1 N–H and O–H groups in total. The Kier molecular flexibility index (Phi) is 6.30. The molecule has 1 saturated heterocycles. The van der Waals surface area contributed by atoms with Crippen LogP contribution in [0.5, 0.6) is 0 Å². The van der Waals surface area contributed by atoms with Crippen LogP contribution in [0.3, 0.4) is 0 Å². The fourth-order valence-corrected chi connectivity index (χ4v) is 2.86. The molecule has 1 heterocycles. The van der Waals surface area contributed by atoms with Crippen molar-refractivity contribution < 1.29 is 28.3 Å². The third kappa shape index (κ3) is 4.69. The number of ether oxygens (including phenoxy) is 1. The van der Waals surface area contributed by atoms with E-state index in [9.17, 15) is 23.6 Å². The number of benzene rings is 1. The van der Waals surface area contributed by atoms with Crippen molar-refractivity contribution in [1.29, 1.82) is 0 Å². The van der Waals surface area contributed by atoms with Crippen LogP contribution in [0.25, 0.3) is 0 Å². The van der Waals surface area contributed by atoms with Crippen molar-refractivity contribution in [1.82, 2.24) is 10.2 Å². The molecule has 3 amide bonds. The van der Waals surface area contributed by atoms with E-state index in [1.807, 2.05) is 6.92 Å². The summed E-state index contributed by atoms with van der Waals surface area (Å²) in [6.07, 6.45) is 0.961. The van der Waals surface area contributed by atoms with Crippen LogP contribution in [0.4, 0.5) is 9.18 Å². The Morgan fingerprint density at radius 1 is 1.26 bits per heavy atom. The van der Waals surface area contributed by atoms with E-state index < -0.39 is 47.7 Å². The van der Waals surface area contributed by atoms with Crippen molar-refractivity contribution in [3.05, 3.63) is 35.6 Å². The molecule has 2 atom stereocenters. The summed E-state index contributed by atoms with van der Waals surface area (Å²) in [6, 6.07) is 4.18. The van der Waals surface area contributed by atoms with E-state index in [0.717, 1.165) is 29.9 Å². The molecule has 1 fully saturated rings. The molecule has 1 aromatic carbocycles. The number of imide groups is 1. The average molecular weight is 378 g/mol. The standard InChI is InChI=1S/C19H23FN2O5/c1-4-5-10-19(3)17(25)22(18(26)21-19)11-15(23)27-12(2)16(24)13-6-8-14(20)9-7-13/h6-9,12H,4-5,10-11H2,1-3H3,(H,21,26)/t12-,19+/m1/s1. The Hall–Kier alpha value is -2.77. The van der Waals surface area contributed by atoms with E-state index in [1.54, 1.807) is 6.92 Å². The lowest BCUT2D eigenvalue weighted by Gasteiger charge is -2.21. The molecule has 1 aromatic rings. The van der Waals surface area contributed by atoms with Crippen LogP contribution in [-0.4, -0.2) is 46.8 Å². The maximum atomic E-state index is 12.9. The third-order valence-corrected chi connectivity index (χ3v) is 4.47. The summed E-state index contributed by atoms with van der Waals surface area (Å²) in [5.74, 6) is -2.36. The number of nitrogens with zero attached hydrogens (tertiary/aromatic N) is 1. The number of urea groups is 1. The fraction of sp³-hybridized carbons (Fsp3) is 0.474. The highest BCUT2D eigenvalue weighted by Gasteiger charge is 2.48. The highest BCUT2D eigenvalue weighted by atomic mass is 19.1. The van der Waals surface area contributed by atoms with Crippen LogP contribution in [0.15, 0.2) is 24.3 Å². The predicted molar refractivity (Wildman–Crippen MR) is 94.5 cm³/mol. The fourth-order valence-electron chi connectivity index (χ4n) is 2.86. The largest absolute Gasteiger partial charge is 0.453 e. The summed E-state index contributed by atoms with van der Waals surface area (Å²) >= 11 is 0. The van der Waals surface area contributed by atoms with Crippen molar-refractivity contribution >= 4 is 23.7 Å². The summed E-state index contributed by atoms with van der Waals surface area (Å²) in [5, 5.41) is 2.60. The number of rotatable bonds is 8. The number of halogens is 1. The number of nitrogens with one attached hydrogen (secondary N) is 1. The van der Waals surface area contributed by atoms with Gasteiger partial charge in [-0.1, -0.05) is 19.8 Å². The zero-order valence-corrected chi connectivity index (χ0v) is 15.6. The van der Waals surface area contributed by atoms with Crippen molar-refractivity contribution in [3.8, 4) is 0 Å². The van der Waals surface area contributed by atoms with E-state index in [0.29, 0.717) is 6.42 Å². The molecule has 1 aliphatic rings. The smallest absolute Gasteiger partial charge is 0.326 e. The number of ketones is 1. The van der Waals surface area contributed by atoms with Crippen LogP contribution in [0, 0.1) is 5.82 Å². The maximum Gasteiger partial charge on any atom is 0.326 e. The second kappa shape index (κ2) is 8.28. The van der Waals surface area contributed by atoms with E-state index >= 15 is 0 Å². The molecule has 8 heteroatoms. The lowest BCUT2D eigenvalue weighted by Crippen LogP contribution is -2.44. The Morgan fingerprint density at radius 3 is 2.48 bits per heavy atom. The molecule has 0 aromatic heterocycles.